The van der Waals surface area contributed by atoms with Crippen LogP contribution in [0, 0.1) is 11.7 Å². The fraction of sp³-hybridized carbons (Fsp3) is 0.500. The van der Waals surface area contributed by atoms with Crippen LogP contribution in [0.3, 0.4) is 0 Å². The molecule has 0 aliphatic rings. The number of hydrogen-bond acceptors (Lipinski definition) is 2. The van der Waals surface area contributed by atoms with Crippen LogP contribution >= 0.6 is 12.4 Å². The van der Waals surface area contributed by atoms with Gasteiger partial charge < -0.3 is 11.1 Å². The smallest absolute Gasteiger partial charge is 0.222 e. The minimum atomic E-state index is -0.229. The Morgan fingerprint density at radius 3 is 2.84 bits per heavy atom. The predicted molar refractivity (Wildman–Crippen MR) is 77.8 cm³/mol. The van der Waals surface area contributed by atoms with Crippen molar-refractivity contribution in [1.82, 2.24) is 5.32 Å². The fourth-order valence-corrected chi connectivity index (χ4v) is 1.69. The summed E-state index contributed by atoms with van der Waals surface area (Å²) in [5, 5.41) is 2.84. The van der Waals surface area contributed by atoms with Crippen molar-refractivity contribution in [3.05, 3.63) is 35.6 Å². The average Bonchev–Trinajstić information content (AvgIpc) is 2.36. The Kier molecular flexibility index (Phi) is 9.17. The molecule has 0 radical (unpaired) electrons. The molecule has 0 bridgehead atoms. The SMILES string of the molecule is CC(CCc1cccc(F)c1)C(=O)NCCCN.Cl. The van der Waals surface area contributed by atoms with E-state index in [1.807, 2.05) is 13.0 Å². The van der Waals surface area contributed by atoms with E-state index in [2.05, 4.69) is 5.32 Å². The lowest BCUT2D eigenvalue weighted by atomic mass is 10.0. The van der Waals surface area contributed by atoms with E-state index in [1.54, 1.807) is 6.07 Å². The van der Waals surface area contributed by atoms with Crippen molar-refractivity contribution >= 4 is 18.3 Å². The van der Waals surface area contributed by atoms with Gasteiger partial charge in [0.25, 0.3) is 0 Å². The summed E-state index contributed by atoms with van der Waals surface area (Å²) in [5.41, 5.74) is 6.28. The number of aryl methyl sites for hydroxylation is 1. The Bertz CT molecular complexity index is 387. The molecule has 1 aromatic carbocycles. The zero-order valence-corrected chi connectivity index (χ0v) is 12.0. The monoisotopic (exact) mass is 288 g/mol. The molecule has 0 heterocycles. The lowest BCUT2D eigenvalue weighted by Crippen LogP contribution is -2.31. The van der Waals surface area contributed by atoms with Crippen LogP contribution in [-0.4, -0.2) is 19.0 Å². The lowest BCUT2D eigenvalue weighted by Gasteiger charge is -2.11. The van der Waals surface area contributed by atoms with Crippen molar-refractivity contribution < 1.29 is 9.18 Å². The van der Waals surface area contributed by atoms with Gasteiger partial charge in [0.15, 0.2) is 0 Å². The molecule has 0 fully saturated rings. The molecule has 1 aromatic rings. The Morgan fingerprint density at radius 1 is 1.47 bits per heavy atom. The van der Waals surface area contributed by atoms with Gasteiger partial charge in [0.1, 0.15) is 5.82 Å². The topological polar surface area (TPSA) is 55.1 Å². The molecule has 3 nitrogen and oxygen atoms in total. The third kappa shape index (κ3) is 7.13. The number of hydrogen-bond donors (Lipinski definition) is 2. The van der Waals surface area contributed by atoms with Crippen molar-refractivity contribution in [3.63, 3.8) is 0 Å². The van der Waals surface area contributed by atoms with E-state index >= 15 is 0 Å². The highest BCUT2D eigenvalue weighted by Gasteiger charge is 2.12. The number of carbonyl (C=O) groups is 1. The van der Waals surface area contributed by atoms with Crippen LogP contribution in [0.1, 0.15) is 25.3 Å². The maximum Gasteiger partial charge on any atom is 0.222 e. The molecule has 0 aliphatic heterocycles. The number of benzene rings is 1. The number of halogens is 2. The van der Waals surface area contributed by atoms with E-state index in [4.69, 9.17) is 5.73 Å². The number of amides is 1. The van der Waals surface area contributed by atoms with Gasteiger partial charge in [-0.05, 0) is 43.5 Å². The van der Waals surface area contributed by atoms with Crippen LogP contribution in [0.15, 0.2) is 24.3 Å². The van der Waals surface area contributed by atoms with E-state index in [0.717, 1.165) is 18.4 Å². The summed E-state index contributed by atoms with van der Waals surface area (Å²) in [6, 6.07) is 6.50. The first kappa shape index (κ1) is 17.9. The first-order valence-corrected chi connectivity index (χ1v) is 6.35. The Hall–Kier alpha value is -1.13. The first-order valence-electron chi connectivity index (χ1n) is 6.35. The van der Waals surface area contributed by atoms with Crippen LogP contribution in [0.4, 0.5) is 4.39 Å². The van der Waals surface area contributed by atoms with Gasteiger partial charge in [-0.25, -0.2) is 4.39 Å². The molecule has 1 rings (SSSR count). The molecular weight excluding hydrogens is 267 g/mol. The third-order valence-corrected chi connectivity index (χ3v) is 2.88. The van der Waals surface area contributed by atoms with Gasteiger partial charge >= 0.3 is 0 Å². The van der Waals surface area contributed by atoms with Gasteiger partial charge in [0, 0.05) is 12.5 Å². The van der Waals surface area contributed by atoms with E-state index in [0.29, 0.717) is 19.5 Å². The summed E-state index contributed by atoms with van der Waals surface area (Å²) in [7, 11) is 0. The summed E-state index contributed by atoms with van der Waals surface area (Å²) < 4.78 is 13.0. The van der Waals surface area contributed by atoms with Crippen LogP contribution in [0.5, 0.6) is 0 Å². The minimum absolute atomic E-state index is 0. The van der Waals surface area contributed by atoms with Crippen LogP contribution < -0.4 is 11.1 Å². The van der Waals surface area contributed by atoms with Gasteiger partial charge in [-0.1, -0.05) is 19.1 Å². The molecule has 1 atom stereocenters. The Morgan fingerprint density at radius 2 is 2.21 bits per heavy atom. The molecule has 0 aromatic heterocycles. The summed E-state index contributed by atoms with van der Waals surface area (Å²) in [6.07, 6.45) is 2.23. The van der Waals surface area contributed by atoms with E-state index < -0.39 is 0 Å². The normalized spacial score (nSPS) is 11.5. The first-order chi connectivity index (χ1) is 8.63. The van der Waals surface area contributed by atoms with Gasteiger partial charge in [0.2, 0.25) is 5.91 Å². The molecule has 0 aliphatic carbocycles. The molecule has 0 saturated heterocycles. The highest BCUT2D eigenvalue weighted by molar-refractivity contribution is 5.85. The molecule has 0 saturated carbocycles. The van der Waals surface area contributed by atoms with E-state index in [-0.39, 0.29) is 30.0 Å². The quantitative estimate of drug-likeness (QED) is 0.756. The Balaban J connectivity index is 0.00000324. The summed E-state index contributed by atoms with van der Waals surface area (Å²) in [4.78, 5) is 11.7. The van der Waals surface area contributed by atoms with Crippen molar-refractivity contribution in [2.24, 2.45) is 11.7 Å². The summed E-state index contributed by atoms with van der Waals surface area (Å²) in [5.74, 6) is -0.251. The van der Waals surface area contributed by atoms with Crippen molar-refractivity contribution in [1.29, 1.82) is 0 Å². The second kappa shape index (κ2) is 9.75. The van der Waals surface area contributed by atoms with Gasteiger partial charge in [-0.15, -0.1) is 12.4 Å². The molecule has 1 amide bonds. The summed E-state index contributed by atoms with van der Waals surface area (Å²) >= 11 is 0. The highest BCUT2D eigenvalue weighted by atomic mass is 35.5. The third-order valence-electron chi connectivity index (χ3n) is 2.88. The highest BCUT2D eigenvalue weighted by Crippen LogP contribution is 2.11. The lowest BCUT2D eigenvalue weighted by molar-refractivity contribution is -0.124. The maximum atomic E-state index is 13.0. The van der Waals surface area contributed by atoms with Crippen molar-refractivity contribution in [2.75, 3.05) is 13.1 Å². The Labute approximate surface area is 120 Å². The van der Waals surface area contributed by atoms with E-state index in [1.165, 1.54) is 12.1 Å². The zero-order valence-electron chi connectivity index (χ0n) is 11.2. The van der Waals surface area contributed by atoms with E-state index in [9.17, 15) is 9.18 Å². The molecule has 1 unspecified atom stereocenters. The molecule has 0 spiro atoms. The second-order valence-electron chi connectivity index (χ2n) is 4.50. The molecule has 5 heteroatoms. The van der Waals surface area contributed by atoms with Crippen LogP contribution in [0.25, 0.3) is 0 Å². The molecule has 19 heavy (non-hydrogen) atoms. The van der Waals surface area contributed by atoms with Crippen molar-refractivity contribution in [3.8, 4) is 0 Å². The summed E-state index contributed by atoms with van der Waals surface area (Å²) in [6.45, 7) is 3.09. The van der Waals surface area contributed by atoms with Gasteiger partial charge in [0.05, 0.1) is 0 Å². The number of nitrogens with two attached hydrogens (primary N) is 1. The standard InChI is InChI=1S/C14H21FN2O.ClH/c1-11(14(18)17-9-3-8-16)6-7-12-4-2-5-13(15)10-12;/h2,4-5,10-11H,3,6-9,16H2,1H3,(H,17,18);1H. The maximum absolute atomic E-state index is 13.0. The van der Waals surface area contributed by atoms with Crippen molar-refractivity contribution in [2.45, 2.75) is 26.2 Å². The fourth-order valence-electron chi connectivity index (χ4n) is 1.69. The number of rotatable bonds is 7. The van der Waals surface area contributed by atoms with Gasteiger partial charge in [-0.3, -0.25) is 4.79 Å². The molecule has 108 valence electrons. The number of carbonyl (C=O) groups excluding carboxylic acids is 1. The average molecular weight is 289 g/mol. The molecular formula is C14H22ClFN2O. The number of nitrogens with one attached hydrogen (secondary N) is 1. The molecule has 3 N–H and O–H groups in total. The van der Waals surface area contributed by atoms with Crippen LogP contribution in [0.2, 0.25) is 0 Å². The van der Waals surface area contributed by atoms with Crippen LogP contribution in [-0.2, 0) is 11.2 Å². The second-order valence-corrected chi connectivity index (χ2v) is 4.50. The predicted octanol–water partition coefficient (Wildman–Crippen LogP) is 2.28. The minimum Gasteiger partial charge on any atom is -0.356 e. The van der Waals surface area contributed by atoms with Gasteiger partial charge in [-0.2, -0.15) is 0 Å². The zero-order chi connectivity index (χ0) is 13.4. The largest absolute Gasteiger partial charge is 0.356 e.